The highest BCUT2D eigenvalue weighted by Gasteiger charge is 2.20. The number of esters is 1. The number of hydrogen-bond donors (Lipinski definition) is 1. The molecule has 0 heterocycles. The summed E-state index contributed by atoms with van der Waals surface area (Å²) in [6.45, 7) is 3.20. The highest BCUT2D eigenvalue weighted by Crippen LogP contribution is 2.42. The lowest BCUT2D eigenvalue weighted by Crippen LogP contribution is -2.43. The molecule has 0 aromatic heterocycles. The van der Waals surface area contributed by atoms with E-state index in [0.717, 1.165) is 51.5 Å². The maximum atomic E-state index is 12.9. The zero-order valence-corrected chi connectivity index (χ0v) is 37.7. The summed E-state index contributed by atoms with van der Waals surface area (Å²) in [5.74, 6) is -0.0680. The summed E-state index contributed by atoms with van der Waals surface area (Å²) in [7, 11) is 5.57. The molecule has 0 aromatic rings. The average Bonchev–Trinajstić information content (AvgIpc) is 3.14. The normalized spacial score (nSPS) is 13.8. The number of unbranched alkanes of at least 4 members (excludes halogenated alkanes) is 18. The first-order valence-corrected chi connectivity index (χ1v) is 24.9. The molecule has 8 heteroatoms. The topological polar surface area (TPSA) is 65.0 Å². The van der Waals surface area contributed by atoms with Gasteiger partial charge in [0.25, 0.3) is 0 Å². The molecule has 0 amide bonds. The van der Waals surface area contributed by atoms with Gasteiger partial charge in [-0.3, -0.25) is 4.79 Å². The Labute approximate surface area is 340 Å². The van der Waals surface area contributed by atoms with E-state index in [1.54, 1.807) is 0 Å². The molecule has 0 aromatic carbocycles. The van der Waals surface area contributed by atoms with Gasteiger partial charge in [-0.25, -0.2) is 0 Å². The summed E-state index contributed by atoms with van der Waals surface area (Å²) in [6.07, 6.45) is 51.6. The third kappa shape index (κ3) is 39.2. The Balaban J connectivity index is 4.41. The van der Waals surface area contributed by atoms with Crippen LogP contribution in [-0.2, 0) is 30.4 Å². The van der Waals surface area contributed by atoms with Crippen LogP contribution in [0.2, 0.25) is 0 Å². The van der Waals surface area contributed by atoms with Gasteiger partial charge in [-0.05, 0) is 102 Å². The van der Waals surface area contributed by atoms with Crippen molar-refractivity contribution in [3.63, 3.8) is 0 Å². The highest BCUT2D eigenvalue weighted by atomic mass is 32.5. The molecule has 1 unspecified atom stereocenters. The maximum Gasteiger partial charge on any atom is 0.324 e. The first-order chi connectivity index (χ1) is 26.2. The molecule has 0 bridgehead atoms. The van der Waals surface area contributed by atoms with Crippen LogP contribution in [0.1, 0.15) is 194 Å². The molecule has 54 heavy (non-hydrogen) atoms. The van der Waals surface area contributed by atoms with Gasteiger partial charge in [-0.15, -0.1) is 0 Å². The summed E-state index contributed by atoms with van der Waals surface area (Å²) < 4.78 is 17.0. The molecule has 0 saturated carbocycles. The fraction of sp³-hybridized carbons (Fsp3) is 0.804. The summed E-state index contributed by atoms with van der Waals surface area (Å²) in [6, 6.07) is 0. The van der Waals surface area contributed by atoms with Gasteiger partial charge in [0.05, 0.1) is 27.1 Å². The highest BCUT2D eigenvalue weighted by molar-refractivity contribution is 8.07. The van der Waals surface area contributed by atoms with Crippen LogP contribution in [0.15, 0.2) is 48.6 Å². The number of ether oxygens (including phenoxy) is 1. The van der Waals surface area contributed by atoms with Crippen LogP contribution in [0.4, 0.5) is 0 Å². The van der Waals surface area contributed by atoms with E-state index in [0.29, 0.717) is 24.1 Å². The van der Waals surface area contributed by atoms with Crippen molar-refractivity contribution in [1.82, 2.24) is 0 Å². The first-order valence-electron chi connectivity index (χ1n) is 22.3. The molecule has 1 N–H and O–H groups in total. The van der Waals surface area contributed by atoms with E-state index in [4.69, 9.17) is 25.6 Å². The molecule has 0 rings (SSSR count). The fourth-order valence-corrected chi connectivity index (χ4v) is 7.09. The number of quaternary nitrogens is 1. The van der Waals surface area contributed by atoms with Crippen LogP contribution >= 0.6 is 6.72 Å². The Kier molecular flexibility index (Phi) is 38.0. The van der Waals surface area contributed by atoms with Crippen LogP contribution in [-0.4, -0.2) is 62.4 Å². The molecule has 6 nitrogen and oxygen atoms in total. The lowest BCUT2D eigenvalue weighted by molar-refractivity contribution is -0.890. The van der Waals surface area contributed by atoms with Gasteiger partial charge in [-0.2, -0.15) is 0 Å². The van der Waals surface area contributed by atoms with Crippen molar-refractivity contribution in [3.05, 3.63) is 48.6 Å². The minimum Gasteiger partial charge on any atom is -0.462 e. The SMILES string of the molecule is CCCCC/C=C\C/C=C\CCCCCCCCC(CCCCCCCC/C=C\C/C=C\CCCCC)OC(=O)CCC[N+](C)(C)CCOP(O)(=S)OC. The molecular weight excluding hydrogens is 710 g/mol. The third-order valence-electron chi connectivity index (χ3n) is 10.1. The molecule has 316 valence electrons. The molecule has 1 atom stereocenters. The smallest absolute Gasteiger partial charge is 0.324 e. The van der Waals surface area contributed by atoms with Gasteiger partial charge >= 0.3 is 12.7 Å². The number of carbonyl (C=O) groups excluding carboxylic acids is 1. The van der Waals surface area contributed by atoms with Crippen molar-refractivity contribution in [1.29, 1.82) is 0 Å². The van der Waals surface area contributed by atoms with Crippen molar-refractivity contribution < 1.29 is 28.0 Å². The van der Waals surface area contributed by atoms with Crippen LogP contribution in [0.25, 0.3) is 0 Å². The largest absolute Gasteiger partial charge is 0.462 e. The van der Waals surface area contributed by atoms with Crippen molar-refractivity contribution in [2.24, 2.45) is 0 Å². The van der Waals surface area contributed by atoms with Crippen LogP contribution in [0, 0.1) is 0 Å². The lowest BCUT2D eigenvalue weighted by atomic mass is 10.0. The van der Waals surface area contributed by atoms with Crippen molar-refractivity contribution >= 4 is 24.5 Å². The maximum absolute atomic E-state index is 12.9. The van der Waals surface area contributed by atoms with E-state index in [2.05, 4.69) is 76.6 Å². The molecule has 0 saturated heterocycles. The van der Waals surface area contributed by atoms with Crippen molar-refractivity contribution in [2.45, 2.75) is 200 Å². The minimum atomic E-state index is -3.13. The molecule has 0 aliphatic rings. The van der Waals surface area contributed by atoms with E-state index in [-0.39, 0.29) is 12.1 Å². The van der Waals surface area contributed by atoms with Gasteiger partial charge < -0.3 is 23.2 Å². The summed E-state index contributed by atoms with van der Waals surface area (Å²) >= 11 is 4.92. The Morgan fingerprint density at radius 1 is 0.611 bits per heavy atom. The molecule has 0 aliphatic carbocycles. The van der Waals surface area contributed by atoms with Gasteiger partial charge in [0, 0.05) is 13.5 Å². The Hall–Kier alpha value is -1.08. The number of hydrogen-bond acceptors (Lipinski definition) is 5. The van der Waals surface area contributed by atoms with Crippen LogP contribution in [0.3, 0.4) is 0 Å². The van der Waals surface area contributed by atoms with Crippen LogP contribution < -0.4 is 0 Å². The van der Waals surface area contributed by atoms with Crippen molar-refractivity contribution in [2.75, 3.05) is 40.9 Å². The fourth-order valence-electron chi connectivity index (χ4n) is 6.45. The Bertz CT molecular complexity index is 963. The predicted octanol–water partition coefficient (Wildman–Crippen LogP) is 14.0. The third-order valence-corrected chi connectivity index (χ3v) is 11.8. The standard InChI is InChI=1S/C46H86NO5PS/c1-6-8-10-12-14-16-18-20-22-24-26-28-30-32-34-36-39-45(52-46(48)41-38-42-47(3,4)43-44-51-53(49,54)50-5)40-37-35-33-31-29-27-25-23-21-19-17-15-13-11-9-7-2/h14-17,20-23,45H,6-13,18-19,24-44H2,1-5H3/p+1/b16-14-,17-15-,22-20-,23-21-. The Morgan fingerprint density at radius 2 is 1.02 bits per heavy atom. The van der Waals surface area contributed by atoms with Crippen LogP contribution in [0.5, 0.6) is 0 Å². The van der Waals surface area contributed by atoms with E-state index >= 15 is 0 Å². The van der Waals surface area contributed by atoms with E-state index < -0.39 is 6.72 Å². The zero-order chi connectivity index (χ0) is 39.9. The second kappa shape index (κ2) is 38.8. The van der Waals surface area contributed by atoms with Gasteiger partial charge in [0.15, 0.2) is 0 Å². The van der Waals surface area contributed by atoms with E-state index in [1.165, 1.54) is 136 Å². The van der Waals surface area contributed by atoms with Gasteiger partial charge in [0.1, 0.15) is 19.3 Å². The monoisotopic (exact) mass is 797 g/mol. The lowest BCUT2D eigenvalue weighted by Gasteiger charge is -2.30. The second-order valence-corrected chi connectivity index (χ2v) is 18.8. The number of carbonyl (C=O) groups is 1. The number of likely N-dealkylation sites (N-methyl/N-ethyl adjacent to an activating group) is 1. The molecular formula is C46H87NO5PS+. The summed E-state index contributed by atoms with van der Waals surface area (Å²) in [5.41, 5.74) is 0. The van der Waals surface area contributed by atoms with Gasteiger partial charge in [0.2, 0.25) is 0 Å². The van der Waals surface area contributed by atoms with Gasteiger partial charge in [-0.1, -0.05) is 140 Å². The first kappa shape index (κ1) is 52.9. The molecule has 0 fully saturated rings. The summed E-state index contributed by atoms with van der Waals surface area (Å²) in [4.78, 5) is 22.8. The van der Waals surface area contributed by atoms with Crippen molar-refractivity contribution in [3.8, 4) is 0 Å². The predicted molar refractivity (Wildman–Crippen MR) is 238 cm³/mol. The molecule has 0 spiro atoms. The number of allylic oxidation sites excluding steroid dienone is 8. The average molecular weight is 797 g/mol. The molecule has 0 radical (unpaired) electrons. The second-order valence-electron chi connectivity index (χ2n) is 15.8. The van der Waals surface area contributed by atoms with E-state index in [9.17, 15) is 9.69 Å². The zero-order valence-electron chi connectivity index (χ0n) is 36.0. The van der Waals surface area contributed by atoms with E-state index in [1.807, 2.05) is 0 Å². The summed E-state index contributed by atoms with van der Waals surface area (Å²) in [5, 5.41) is 0. The number of nitrogens with zero attached hydrogens (tertiary/aromatic N) is 1. The molecule has 0 aliphatic heterocycles. The quantitative estimate of drug-likeness (QED) is 0.0219. The Morgan fingerprint density at radius 3 is 1.44 bits per heavy atom. The minimum absolute atomic E-state index is 0.0350. The number of rotatable bonds is 40.